The Balaban J connectivity index is 2.66. The Morgan fingerprint density at radius 1 is 1.28 bits per heavy atom. The van der Waals surface area contributed by atoms with Crippen LogP contribution in [0.3, 0.4) is 0 Å². The largest absolute Gasteiger partial charge is 0.332 e. The van der Waals surface area contributed by atoms with E-state index in [-0.39, 0.29) is 18.4 Å². The molecule has 6 nitrogen and oxygen atoms in total. The van der Waals surface area contributed by atoms with Crippen LogP contribution < -0.4 is 22.3 Å². The molecule has 0 fully saturated rings. The molecule has 0 amide bonds. The number of rotatable bonds is 9. The second-order valence-corrected chi connectivity index (χ2v) is 6.66. The lowest BCUT2D eigenvalue weighted by Gasteiger charge is -2.11. The zero-order chi connectivity index (χ0) is 18.6. The third-order valence-electron chi connectivity index (χ3n) is 3.84. The van der Waals surface area contributed by atoms with Gasteiger partial charge in [-0.3, -0.25) is 18.3 Å². The Bertz CT molecular complexity index is 844. The quantitative estimate of drug-likeness (QED) is 0.643. The van der Waals surface area contributed by atoms with E-state index < -0.39 is 30.9 Å². The van der Waals surface area contributed by atoms with Crippen molar-refractivity contribution in [1.82, 2.24) is 14.5 Å². The van der Waals surface area contributed by atoms with Gasteiger partial charge < -0.3 is 11.1 Å². The SMILES string of the molecule is Cc1c(CNCCN)sc2c1c(=O)n(CC(F)F)c(=O)n2CCCF. The highest BCUT2D eigenvalue weighted by Gasteiger charge is 2.21. The van der Waals surface area contributed by atoms with Crippen LogP contribution in [0.15, 0.2) is 9.59 Å². The van der Waals surface area contributed by atoms with Gasteiger partial charge in [0.2, 0.25) is 0 Å². The van der Waals surface area contributed by atoms with E-state index in [1.54, 1.807) is 6.92 Å². The van der Waals surface area contributed by atoms with Crippen LogP contribution in [-0.2, 0) is 19.6 Å². The van der Waals surface area contributed by atoms with Gasteiger partial charge in [-0.15, -0.1) is 11.3 Å². The Hall–Kier alpha value is -1.65. The van der Waals surface area contributed by atoms with Gasteiger partial charge in [-0.05, 0) is 18.9 Å². The van der Waals surface area contributed by atoms with Crippen molar-refractivity contribution < 1.29 is 13.2 Å². The third kappa shape index (κ3) is 4.13. The van der Waals surface area contributed by atoms with Crippen molar-refractivity contribution in [3.63, 3.8) is 0 Å². The molecule has 0 aliphatic rings. The van der Waals surface area contributed by atoms with Gasteiger partial charge in [-0.25, -0.2) is 13.6 Å². The minimum atomic E-state index is -2.83. The maximum Gasteiger partial charge on any atom is 0.332 e. The summed E-state index contributed by atoms with van der Waals surface area (Å²) in [6.45, 7) is 1.62. The van der Waals surface area contributed by atoms with Crippen LogP contribution in [0.4, 0.5) is 13.2 Å². The Morgan fingerprint density at radius 2 is 2.00 bits per heavy atom. The third-order valence-corrected chi connectivity index (χ3v) is 5.15. The van der Waals surface area contributed by atoms with Gasteiger partial charge in [-0.2, -0.15) is 0 Å². The molecule has 140 valence electrons. The minimum Gasteiger partial charge on any atom is -0.329 e. The van der Waals surface area contributed by atoms with Crippen molar-refractivity contribution in [3.8, 4) is 0 Å². The molecule has 0 bridgehead atoms. The normalized spacial score (nSPS) is 11.8. The first-order valence-corrected chi connectivity index (χ1v) is 8.74. The van der Waals surface area contributed by atoms with Crippen LogP contribution in [0.1, 0.15) is 16.9 Å². The average Bonchev–Trinajstić information content (AvgIpc) is 2.88. The summed E-state index contributed by atoms with van der Waals surface area (Å²) >= 11 is 1.24. The standard InChI is InChI=1S/C15H21F3N4O2S/c1-9-10(7-20-5-4-19)25-14-12(9)13(23)22(8-11(17)18)15(24)21(14)6-2-3-16/h11,20H,2-8,19H2,1H3. The maximum atomic E-state index is 12.8. The summed E-state index contributed by atoms with van der Waals surface area (Å²) < 4.78 is 39.9. The summed E-state index contributed by atoms with van der Waals surface area (Å²) in [6.07, 6.45) is -2.76. The van der Waals surface area contributed by atoms with Crippen molar-refractivity contribution in [3.05, 3.63) is 31.3 Å². The smallest absolute Gasteiger partial charge is 0.329 e. The number of thiophene rings is 1. The van der Waals surface area contributed by atoms with E-state index in [1.807, 2.05) is 0 Å². The van der Waals surface area contributed by atoms with Gasteiger partial charge in [0.15, 0.2) is 0 Å². The molecular formula is C15H21F3N4O2S. The van der Waals surface area contributed by atoms with Crippen molar-refractivity contribution in [1.29, 1.82) is 0 Å². The van der Waals surface area contributed by atoms with Crippen LogP contribution >= 0.6 is 11.3 Å². The van der Waals surface area contributed by atoms with Crippen LogP contribution in [0.2, 0.25) is 0 Å². The Kier molecular flexibility index (Phi) is 6.79. The predicted octanol–water partition coefficient (Wildman–Crippen LogP) is 1.21. The summed E-state index contributed by atoms with van der Waals surface area (Å²) in [5, 5.41) is 3.35. The second kappa shape index (κ2) is 8.63. The predicted molar refractivity (Wildman–Crippen MR) is 92.4 cm³/mol. The first kappa shape index (κ1) is 19.7. The number of nitrogens with zero attached hydrogens (tertiary/aromatic N) is 2. The van der Waals surface area contributed by atoms with Gasteiger partial charge in [0, 0.05) is 31.1 Å². The monoisotopic (exact) mass is 378 g/mol. The number of nitrogens with one attached hydrogen (secondary N) is 1. The molecule has 0 aromatic carbocycles. The summed E-state index contributed by atoms with van der Waals surface area (Å²) in [7, 11) is 0. The maximum absolute atomic E-state index is 12.8. The van der Waals surface area contributed by atoms with Gasteiger partial charge in [-0.1, -0.05) is 0 Å². The molecule has 2 aromatic heterocycles. The number of fused-ring (bicyclic) bond motifs is 1. The molecule has 0 spiro atoms. The fraction of sp³-hybridized carbons (Fsp3) is 0.600. The van der Waals surface area contributed by atoms with Crippen molar-refractivity contribution in [2.75, 3.05) is 19.8 Å². The van der Waals surface area contributed by atoms with E-state index in [2.05, 4.69) is 5.32 Å². The first-order valence-electron chi connectivity index (χ1n) is 7.92. The zero-order valence-corrected chi connectivity index (χ0v) is 14.7. The Morgan fingerprint density at radius 3 is 2.60 bits per heavy atom. The molecule has 0 saturated heterocycles. The molecule has 10 heteroatoms. The van der Waals surface area contributed by atoms with Crippen LogP contribution in [0.5, 0.6) is 0 Å². The number of hydrogen-bond acceptors (Lipinski definition) is 5. The molecule has 0 aliphatic carbocycles. The van der Waals surface area contributed by atoms with E-state index in [0.29, 0.717) is 34.6 Å². The lowest BCUT2D eigenvalue weighted by molar-refractivity contribution is 0.123. The number of alkyl halides is 3. The number of hydrogen-bond donors (Lipinski definition) is 2. The number of halogens is 3. The first-order chi connectivity index (χ1) is 11.9. The molecule has 2 rings (SSSR count). The molecular weight excluding hydrogens is 357 g/mol. The van der Waals surface area contributed by atoms with Crippen LogP contribution in [-0.4, -0.2) is 35.3 Å². The van der Waals surface area contributed by atoms with Gasteiger partial charge in [0.1, 0.15) is 4.83 Å². The minimum absolute atomic E-state index is 0.0327. The average molecular weight is 378 g/mol. The number of aromatic nitrogens is 2. The van der Waals surface area contributed by atoms with Crippen molar-refractivity contribution in [2.45, 2.75) is 39.4 Å². The van der Waals surface area contributed by atoms with E-state index in [4.69, 9.17) is 5.73 Å². The van der Waals surface area contributed by atoms with Crippen LogP contribution in [0, 0.1) is 6.92 Å². The molecule has 0 aliphatic heterocycles. The van der Waals surface area contributed by atoms with E-state index >= 15 is 0 Å². The van der Waals surface area contributed by atoms with Crippen LogP contribution in [0.25, 0.3) is 10.2 Å². The molecule has 25 heavy (non-hydrogen) atoms. The lowest BCUT2D eigenvalue weighted by atomic mass is 10.2. The topological polar surface area (TPSA) is 82.1 Å². The van der Waals surface area contributed by atoms with Gasteiger partial charge in [0.25, 0.3) is 12.0 Å². The van der Waals surface area contributed by atoms with Crippen molar-refractivity contribution >= 4 is 21.6 Å². The second-order valence-electron chi connectivity index (χ2n) is 5.58. The molecule has 0 radical (unpaired) electrons. The molecule has 3 N–H and O–H groups in total. The number of aryl methyl sites for hydroxylation is 2. The van der Waals surface area contributed by atoms with E-state index in [9.17, 15) is 22.8 Å². The fourth-order valence-electron chi connectivity index (χ4n) is 2.63. The molecule has 0 atom stereocenters. The van der Waals surface area contributed by atoms with Gasteiger partial charge >= 0.3 is 5.69 Å². The summed E-state index contributed by atoms with van der Waals surface area (Å²) in [6, 6.07) is 0. The van der Waals surface area contributed by atoms with E-state index in [1.165, 1.54) is 15.9 Å². The molecule has 0 unspecified atom stereocenters. The highest BCUT2D eigenvalue weighted by Crippen LogP contribution is 2.28. The Labute approximate surface area is 146 Å². The van der Waals surface area contributed by atoms with Crippen molar-refractivity contribution in [2.24, 2.45) is 5.73 Å². The molecule has 0 saturated carbocycles. The number of nitrogens with two attached hydrogens (primary N) is 1. The van der Waals surface area contributed by atoms with E-state index in [0.717, 1.165) is 4.88 Å². The summed E-state index contributed by atoms with van der Waals surface area (Å²) in [4.78, 5) is 26.3. The zero-order valence-electron chi connectivity index (χ0n) is 13.9. The van der Waals surface area contributed by atoms with Gasteiger partial charge in [0.05, 0.1) is 18.6 Å². The fourth-order valence-corrected chi connectivity index (χ4v) is 3.91. The molecule has 2 aromatic rings. The summed E-state index contributed by atoms with van der Waals surface area (Å²) in [5.74, 6) is 0. The molecule has 2 heterocycles. The summed E-state index contributed by atoms with van der Waals surface area (Å²) in [5.41, 5.74) is 4.52. The highest BCUT2D eigenvalue weighted by atomic mass is 32.1. The highest BCUT2D eigenvalue weighted by molar-refractivity contribution is 7.18. The lowest BCUT2D eigenvalue weighted by Crippen LogP contribution is -2.41.